The van der Waals surface area contributed by atoms with Gasteiger partial charge in [-0.3, -0.25) is 4.90 Å². The Hall–Kier alpha value is -4.94. The van der Waals surface area contributed by atoms with Gasteiger partial charge in [-0.25, -0.2) is 14.2 Å². The Kier molecular flexibility index (Phi) is 10.8. The van der Waals surface area contributed by atoms with E-state index in [4.69, 9.17) is 18.9 Å². The Balaban J connectivity index is 1.16. The molecule has 4 aromatic rings. The molecule has 3 aromatic carbocycles. The number of hydrogen-bond acceptors (Lipinski definition) is 10. The molecular formula is C37H43FN6O5. The summed E-state index contributed by atoms with van der Waals surface area (Å²) in [5.74, 6) is 1.92. The number of nitrogens with zero attached hydrogens (tertiary/aromatic N) is 5. The van der Waals surface area contributed by atoms with Crippen molar-refractivity contribution in [1.29, 1.82) is 0 Å². The Bertz CT molecular complexity index is 1760. The molecular weight excluding hydrogens is 627 g/mol. The summed E-state index contributed by atoms with van der Waals surface area (Å²) in [6, 6.07) is 15.7. The number of fused-ring (bicyclic) bond motifs is 1. The van der Waals surface area contributed by atoms with Crippen LogP contribution in [0.4, 0.5) is 26.6 Å². The van der Waals surface area contributed by atoms with Gasteiger partial charge in [-0.15, -0.1) is 0 Å². The zero-order chi connectivity index (χ0) is 34.3. The van der Waals surface area contributed by atoms with Crippen LogP contribution in [-0.2, 0) is 6.54 Å². The predicted octanol–water partition coefficient (Wildman–Crippen LogP) is 6.28. The standard InChI is InChI=1S/C37H43FN6O5/c1-25-20-26(2)35(27(3)21-25)49-37(45)44(24-28-6-8-32-33(22-28)48-19-18-47-32)34-10-11-39-36(41-34)40-29-7-9-31(30(38)23-29)46-17-5-12-43-15-13-42(4)14-16-43/h6-11,20-23H,5,12-19,24H2,1-4H3,(H,39,40,41). The highest BCUT2D eigenvalue weighted by Crippen LogP contribution is 2.32. The van der Waals surface area contributed by atoms with Crippen LogP contribution in [0.5, 0.6) is 23.0 Å². The maximum atomic E-state index is 15.0. The first-order valence-corrected chi connectivity index (χ1v) is 16.6. The number of halogens is 1. The highest BCUT2D eigenvalue weighted by atomic mass is 19.1. The van der Waals surface area contributed by atoms with Crippen LogP contribution in [0.1, 0.15) is 28.7 Å². The summed E-state index contributed by atoms with van der Waals surface area (Å²) in [7, 11) is 2.13. The highest BCUT2D eigenvalue weighted by molar-refractivity contribution is 5.88. The topological polar surface area (TPSA) is 102 Å². The normalized spacial score (nSPS) is 14.7. The highest BCUT2D eigenvalue weighted by Gasteiger charge is 2.24. The zero-order valence-electron chi connectivity index (χ0n) is 28.5. The Morgan fingerprint density at radius 3 is 2.47 bits per heavy atom. The van der Waals surface area contributed by atoms with E-state index in [1.54, 1.807) is 18.2 Å². The Morgan fingerprint density at radius 1 is 0.959 bits per heavy atom. The van der Waals surface area contributed by atoms with E-state index < -0.39 is 11.9 Å². The van der Waals surface area contributed by atoms with Gasteiger partial charge in [0, 0.05) is 50.7 Å². The van der Waals surface area contributed by atoms with E-state index >= 15 is 4.39 Å². The second-order valence-corrected chi connectivity index (χ2v) is 12.5. The van der Waals surface area contributed by atoms with E-state index in [1.807, 2.05) is 51.1 Å². The number of aromatic nitrogens is 2. The Morgan fingerprint density at radius 2 is 1.71 bits per heavy atom. The second kappa shape index (κ2) is 15.5. The first-order chi connectivity index (χ1) is 23.7. The van der Waals surface area contributed by atoms with Gasteiger partial charge in [0.2, 0.25) is 5.95 Å². The van der Waals surface area contributed by atoms with E-state index in [-0.39, 0.29) is 18.2 Å². The van der Waals surface area contributed by atoms with Gasteiger partial charge in [0.05, 0.1) is 13.2 Å². The maximum absolute atomic E-state index is 15.0. The van der Waals surface area contributed by atoms with E-state index in [0.717, 1.165) is 61.4 Å². The molecule has 3 heterocycles. The van der Waals surface area contributed by atoms with E-state index in [2.05, 4.69) is 32.1 Å². The van der Waals surface area contributed by atoms with Crippen LogP contribution in [0.3, 0.4) is 0 Å². The molecule has 1 fully saturated rings. The van der Waals surface area contributed by atoms with Crippen molar-refractivity contribution in [2.75, 3.05) is 69.8 Å². The number of piperazine rings is 1. The first kappa shape index (κ1) is 33.9. The lowest BCUT2D eigenvalue weighted by Crippen LogP contribution is -2.44. The fourth-order valence-corrected chi connectivity index (χ4v) is 6.00. The minimum Gasteiger partial charge on any atom is -0.490 e. The zero-order valence-corrected chi connectivity index (χ0v) is 28.5. The minimum atomic E-state index is -0.616. The number of carbonyl (C=O) groups is 1. The third-order valence-electron chi connectivity index (χ3n) is 8.54. The van der Waals surface area contributed by atoms with Gasteiger partial charge < -0.3 is 34.1 Å². The van der Waals surface area contributed by atoms with Crippen LogP contribution in [0, 0.1) is 26.6 Å². The first-order valence-electron chi connectivity index (χ1n) is 16.6. The van der Waals surface area contributed by atoms with Gasteiger partial charge in [0.1, 0.15) is 24.8 Å². The van der Waals surface area contributed by atoms with Crippen molar-refractivity contribution in [1.82, 2.24) is 19.8 Å². The minimum absolute atomic E-state index is 0.130. The molecule has 258 valence electrons. The van der Waals surface area contributed by atoms with Gasteiger partial charge in [-0.2, -0.15) is 4.98 Å². The molecule has 2 aliphatic rings. The quantitative estimate of drug-likeness (QED) is 0.184. The average Bonchev–Trinajstić information content (AvgIpc) is 3.08. The molecule has 6 rings (SSSR count). The van der Waals surface area contributed by atoms with Gasteiger partial charge in [0.25, 0.3) is 0 Å². The molecule has 0 atom stereocenters. The summed E-state index contributed by atoms with van der Waals surface area (Å²) >= 11 is 0. The third-order valence-corrected chi connectivity index (χ3v) is 8.54. The lowest BCUT2D eigenvalue weighted by molar-refractivity contribution is 0.145. The molecule has 0 unspecified atom stereocenters. The molecule has 12 heteroatoms. The van der Waals surface area contributed by atoms with Crippen molar-refractivity contribution in [2.45, 2.75) is 33.7 Å². The fourth-order valence-electron chi connectivity index (χ4n) is 6.00. The van der Waals surface area contributed by atoms with Crippen LogP contribution in [-0.4, -0.2) is 85.5 Å². The SMILES string of the molecule is Cc1cc(C)c(OC(=O)N(Cc2ccc3c(c2)OCCO3)c2ccnc(Nc3ccc(OCCCN4CCN(C)CC4)c(F)c3)n2)c(C)c1. The monoisotopic (exact) mass is 670 g/mol. The number of amides is 1. The molecule has 1 N–H and O–H groups in total. The molecule has 11 nitrogen and oxygen atoms in total. The van der Waals surface area contributed by atoms with Gasteiger partial charge in [0.15, 0.2) is 23.1 Å². The average molecular weight is 671 g/mol. The van der Waals surface area contributed by atoms with Crippen LogP contribution in [0.15, 0.2) is 60.8 Å². The summed E-state index contributed by atoms with van der Waals surface area (Å²) in [6.45, 7) is 12.4. The molecule has 0 radical (unpaired) electrons. The number of anilines is 3. The van der Waals surface area contributed by atoms with Gasteiger partial charge in [-0.1, -0.05) is 23.8 Å². The predicted molar refractivity (Wildman–Crippen MR) is 186 cm³/mol. The third kappa shape index (κ3) is 8.76. The van der Waals surface area contributed by atoms with Gasteiger partial charge >= 0.3 is 6.09 Å². The van der Waals surface area contributed by atoms with Crippen molar-refractivity contribution >= 4 is 23.5 Å². The summed E-state index contributed by atoms with van der Waals surface area (Å²) in [6.07, 6.45) is 1.73. The van der Waals surface area contributed by atoms with Crippen molar-refractivity contribution in [2.24, 2.45) is 0 Å². The molecule has 0 spiro atoms. The molecule has 1 saturated heterocycles. The maximum Gasteiger partial charge on any atom is 0.421 e. The van der Waals surface area contributed by atoms with Crippen LogP contribution in [0.2, 0.25) is 0 Å². The number of benzene rings is 3. The smallest absolute Gasteiger partial charge is 0.421 e. The molecule has 49 heavy (non-hydrogen) atoms. The molecule has 1 aromatic heterocycles. The van der Waals surface area contributed by atoms with Crippen molar-refractivity contribution in [3.63, 3.8) is 0 Å². The summed E-state index contributed by atoms with van der Waals surface area (Å²) in [5.41, 5.74) is 3.99. The number of carbonyl (C=O) groups excluding carboxylic acids is 1. The van der Waals surface area contributed by atoms with Crippen molar-refractivity contribution in [3.05, 3.63) is 88.9 Å². The lowest BCUT2D eigenvalue weighted by atomic mass is 10.1. The molecule has 0 bridgehead atoms. The number of likely N-dealkylation sites (N-methyl/N-ethyl adjacent to an activating group) is 1. The van der Waals surface area contributed by atoms with Crippen molar-refractivity contribution in [3.8, 4) is 23.0 Å². The van der Waals surface area contributed by atoms with E-state index in [0.29, 0.717) is 48.6 Å². The summed E-state index contributed by atoms with van der Waals surface area (Å²) < 4.78 is 38.2. The van der Waals surface area contributed by atoms with E-state index in [9.17, 15) is 4.79 Å². The van der Waals surface area contributed by atoms with E-state index in [1.165, 1.54) is 17.2 Å². The Labute approximate surface area is 286 Å². The number of ether oxygens (including phenoxy) is 4. The van der Waals surface area contributed by atoms with Crippen LogP contribution >= 0.6 is 0 Å². The van der Waals surface area contributed by atoms with Crippen LogP contribution < -0.4 is 29.2 Å². The second-order valence-electron chi connectivity index (χ2n) is 12.5. The summed E-state index contributed by atoms with van der Waals surface area (Å²) in [5, 5.41) is 3.06. The largest absolute Gasteiger partial charge is 0.490 e. The fraction of sp³-hybridized carbons (Fsp3) is 0.378. The molecule has 0 saturated carbocycles. The van der Waals surface area contributed by atoms with Gasteiger partial charge in [-0.05, 0) is 81.3 Å². The molecule has 1 amide bonds. The number of hydrogen-bond donors (Lipinski definition) is 1. The number of aryl methyl sites for hydroxylation is 3. The summed E-state index contributed by atoms with van der Waals surface area (Å²) in [4.78, 5) is 29.0. The number of rotatable bonds is 11. The number of nitrogens with one attached hydrogen (secondary N) is 1. The van der Waals surface area contributed by atoms with Crippen LogP contribution in [0.25, 0.3) is 0 Å². The lowest BCUT2D eigenvalue weighted by Gasteiger charge is -2.32. The molecule has 0 aliphatic carbocycles. The molecule has 2 aliphatic heterocycles. The van der Waals surface area contributed by atoms with Crippen molar-refractivity contribution < 1.29 is 28.1 Å².